The second-order valence-corrected chi connectivity index (χ2v) is 7.79. The highest BCUT2D eigenvalue weighted by molar-refractivity contribution is 5.93. The molecule has 0 saturated carbocycles. The summed E-state index contributed by atoms with van der Waals surface area (Å²) in [6, 6.07) is 1.07. The lowest BCUT2D eigenvalue weighted by atomic mass is 10.0. The van der Waals surface area contributed by atoms with Crippen LogP contribution in [0.1, 0.15) is 74.1 Å². The van der Waals surface area contributed by atoms with Crippen molar-refractivity contribution in [3.63, 3.8) is 0 Å². The molecule has 1 atom stereocenters. The third-order valence-electron chi connectivity index (χ3n) is 5.90. The minimum absolute atomic E-state index is 0.0889. The molecule has 1 amide bonds. The molecule has 3 rings (SSSR count). The molecule has 0 bridgehead atoms. The second kappa shape index (κ2) is 9.46. The number of carbonyl (C=O) groups is 1. The predicted molar refractivity (Wildman–Crippen MR) is 102 cm³/mol. The average molecular weight is 363 g/mol. The van der Waals surface area contributed by atoms with E-state index in [4.69, 9.17) is 0 Å². The van der Waals surface area contributed by atoms with Gasteiger partial charge in [0.15, 0.2) is 5.69 Å². The summed E-state index contributed by atoms with van der Waals surface area (Å²) >= 11 is 0. The zero-order valence-electron chi connectivity index (χ0n) is 16.3. The van der Waals surface area contributed by atoms with E-state index >= 15 is 0 Å². The number of likely N-dealkylation sites (tertiary alicyclic amines) is 1. The molecule has 0 radical (unpaired) electrons. The molecular weight excluding hydrogens is 328 g/mol. The van der Waals surface area contributed by atoms with Crippen LogP contribution in [0.3, 0.4) is 0 Å². The fourth-order valence-electron chi connectivity index (χ4n) is 4.16. The van der Waals surface area contributed by atoms with Crippen molar-refractivity contribution in [2.45, 2.75) is 70.9 Å². The quantitative estimate of drug-likeness (QED) is 0.725. The van der Waals surface area contributed by atoms with E-state index in [9.17, 15) is 4.79 Å². The molecule has 2 aliphatic rings. The van der Waals surface area contributed by atoms with Crippen molar-refractivity contribution < 1.29 is 4.79 Å². The largest absolute Gasteiger partial charge is 0.351 e. The number of aromatic nitrogens is 3. The SMILES string of the molecule is Cc1c(C(=O)NCCCCN2CCCCC2C)nnn1C1CCNCC1. The van der Waals surface area contributed by atoms with Gasteiger partial charge in [-0.05, 0) is 78.6 Å². The van der Waals surface area contributed by atoms with E-state index in [1.54, 1.807) is 0 Å². The highest BCUT2D eigenvalue weighted by Gasteiger charge is 2.22. The van der Waals surface area contributed by atoms with Crippen molar-refractivity contribution in [1.82, 2.24) is 30.5 Å². The van der Waals surface area contributed by atoms with Crippen LogP contribution in [0.25, 0.3) is 0 Å². The minimum Gasteiger partial charge on any atom is -0.351 e. The van der Waals surface area contributed by atoms with Crippen LogP contribution < -0.4 is 10.6 Å². The average Bonchev–Trinajstić information content (AvgIpc) is 3.05. The van der Waals surface area contributed by atoms with Crippen LogP contribution in [0.4, 0.5) is 0 Å². The van der Waals surface area contributed by atoms with Crippen molar-refractivity contribution in [3.8, 4) is 0 Å². The summed E-state index contributed by atoms with van der Waals surface area (Å²) in [7, 11) is 0. The molecule has 2 saturated heterocycles. The lowest BCUT2D eigenvalue weighted by Gasteiger charge is -2.33. The van der Waals surface area contributed by atoms with E-state index in [1.807, 2.05) is 11.6 Å². The van der Waals surface area contributed by atoms with Gasteiger partial charge in [0.2, 0.25) is 0 Å². The molecule has 0 aliphatic carbocycles. The molecular formula is C19H34N6O. The first-order valence-corrected chi connectivity index (χ1v) is 10.3. The number of unbranched alkanes of at least 4 members (excludes halogenated alkanes) is 1. The van der Waals surface area contributed by atoms with Crippen LogP contribution in [-0.2, 0) is 0 Å². The number of hydrogen-bond donors (Lipinski definition) is 2. The molecule has 146 valence electrons. The summed E-state index contributed by atoms with van der Waals surface area (Å²) in [5, 5.41) is 14.8. The van der Waals surface area contributed by atoms with Gasteiger partial charge in [0, 0.05) is 12.6 Å². The molecule has 2 N–H and O–H groups in total. The number of nitrogens with one attached hydrogen (secondary N) is 2. The Balaban J connectivity index is 1.40. The van der Waals surface area contributed by atoms with E-state index in [2.05, 4.69) is 32.8 Å². The van der Waals surface area contributed by atoms with Gasteiger partial charge in [-0.3, -0.25) is 4.79 Å². The van der Waals surface area contributed by atoms with Crippen LogP contribution in [0.5, 0.6) is 0 Å². The summed E-state index contributed by atoms with van der Waals surface area (Å²) < 4.78 is 1.94. The van der Waals surface area contributed by atoms with Crippen LogP contribution in [0, 0.1) is 6.92 Å². The smallest absolute Gasteiger partial charge is 0.273 e. The highest BCUT2D eigenvalue weighted by atomic mass is 16.2. The van der Waals surface area contributed by atoms with E-state index in [-0.39, 0.29) is 5.91 Å². The molecule has 7 nitrogen and oxygen atoms in total. The molecule has 0 aromatic carbocycles. The Morgan fingerprint density at radius 2 is 2.04 bits per heavy atom. The first kappa shape index (κ1) is 19.3. The number of rotatable bonds is 7. The lowest BCUT2D eigenvalue weighted by Crippen LogP contribution is -2.38. The van der Waals surface area contributed by atoms with Gasteiger partial charge in [-0.1, -0.05) is 11.6 Å². The maximum absolute atomic E-state index is 12.4. The third kappa shape index (κ3) is 4.82. The van der Waals surface area contributed by atoms with E-state index in [0.717, 1.165) is 51.0 Å². The Hall–Kier alpha value is -1.47. The van der Waals surface area contributed by atoms with Crippen molar-refractivity contribution in [1.29, 1.82) is 0 Å². The molecule has 26 heavy (non-hydrogen) atoms. The van der Waals surface area contributed by atoms with E-state index in [0.29, 0.717) is 24.3 Å². The summed E-state index contributed by atoms with van der Waals surface area (Å²) in [5.74, 6) is -0.0889. The minimum atomic E-state index is -0.0889. The zero-order chi connectivity index (χ0) is 18.4. The lowest BCUT2D eigenvalue weighted by molar-refractivity contribution is 0.0946. The molecule has 3 heterocycles. The van der Waals surface area contributed by atoms with Gasteiger partial charge in [-0.25, -0.2) is 4.68 Å². The summed E-state index contributed by atoms with van der Waals surface area (Å²) in [5.41, 5.74) is 1.37. The maximum Gasteiger partial charge on any atom is 0.273 e. The summed E-state index contributed by atoms with van der Waals surface area (Å²) in [6.07, 6.45) is 8.24. The number of amides is 1. The standard InChI is InChI=1S/C19H34N6O/c1-15-7-3-5-13-24(15)14-6-4-10-21-19(26)18-16(2)25(23-22-18)17-8-11-20-12-9-17/h15,17,20H,3-14H2,1-2H3,(H,21,26). The van der Waals surface area contributed by atoms with Crippen LogP contribution in [0.2, 0.25) is 0 Å². The first-order chi connectivity index (χ1) is 12.7. The second-order valence-electron chi connectivity index (χ2n) is 7.79. The van der Waals surface area contributed by atoms with Crippen LogP contribution in [-0.4, -0.2) is 64.6 Å². The molecule has 0 spiro atoms. The van der Waals surface area contributed by atoms with Crippen LogP contribution >= 0.6 is 0 Å². The van der Waals surface area contributed by atoms with Crippen molar-refractivity contribution in [2.24, 2.45) is 0 Å². The molecule has 1 aromatic heterocycles. The van der Waals surface area contributed by atoms with Gasteiger partial charge in [-0.2, -0.15) is 0 Å². The van der Waals surface area contributed by atoms with E-state index in [1.165, 1.54) is 25.8 Å². The number of carbonyl (C=O) groups excluding carboxylic acids is 1. The summed E-state index contributed by atoms with van der Waals surface area (Å²) in [4.78, 5) is 15.0. The molecule has 2 fully saturated rings. The molecule has 2 aliphatic heterocycles. The molecule has 1 unspecified atom stereocenters. The van der Waals surface area contributed by atoms with Crippen molar-refractivity contribution in [2.75, 3.05) is 32.7 Å². The Morgan fingerprint density at radius 3 is 2.81 bits per heavy atom. The Labute approximate surface area is 156 Å². The van der Waals surface area contributed by atoms with E-state index < -0.39 is 0 Å². The first-order valence-electron chi connectivity index (χ1n) is 10.3. The van der Waals surface area contributed by atoms with Gasteiger partial charge in [0.05, 0.1) is 11.7 Å². The topological polar surface area (TPSA) is 75.1 Å². The monoisotopic (exact) mass is 362 g/mol. The summed E-state index contributed by atoms with van der Waals surface area (Å²) in [6.45, 7) is 9.36. The zero-order valence-corrected chi connectivity index (χ0v) is 16.3. The Kier molecular flexibility index (Phi) is 7.02. The third-order valence-corrected chi connectivity index (χ3v) is 5.90. The molecule has 7 heteroatoms. The van der Waals surface area contributed by atoms with Gasteiger partial charge >= 0.3 is 0 Å². The van der Waals surface area contributed by atoms with Crippen molar-refractivity contribution in [3.05, 3.63) is 11.4 Å². The predicted octanol–water partition coefficient (Wildman–Crippen LogP) is 1.90. The van der Waals surface area contributed by atoms with Gasteiger partial charge < -0.3 is 15.5 Å². The van der Waals surface area contributed by atoms with Gasteiger partial charge in [0.25, 0.3) is 5.91 Å². The number of hydrogen-bond acceptors (Lipinski definition) is 5. The molecule has 1 aromatic rings. The van der Waals surface area contributed by atoms with Crippen LogP contribution in [0.15, 0.2) is 0 Å². The highest BCUT2D eigenvalue weighted by Crippen LogP contribution is 2.20. The Bertz CT molecular complexity index is 581. The Morgan fingerprint density at radius 1 is 1.23 bits per heavy atom. The normalized spacial score (nSPS) is 22.5. The fourth-order valence-corrected chi connectivity index (χ4v) is 4.16. The maximum atomic E-state index is 12.4. The van der Waals surface area contributed by atoms with Gasteiger partial charge in [0.1, 0.15) is 0 Å². The van der Waals surface area contributed by atoms with Crippen molar-refractivity contribution >= 4 is 5.91 Å². The number of nitrogens with zero attached hydrogens (tertiary/aromatic N) is 4. The van der Waals surface area contributed by atoms with Gasteiger partial charge in [-0.15, -0.1) is 5.10 Å². The fraction of sp³-hybridized carbons (Fsp3) is 0.842. The number of piperidine rings is 2.